The van der Waals surface area contributed by atoms with E-state index < -0.39 is 74.7 Å². The van der Waals surface area contributed by atoms with Crippen LogP contribution in [0.1, 0.15) is 34.1 Å². The number of methoxy groups -OCH3 is 2. The Morgan fingerprint density at radius 3 is 1.12 bits per heavy atom. The van der Waals surface area contributed by atoms with Crippen LogP contribution in [0.3, 0.4) is 0 Å². The minimum Gasteiger partial charge on any atom is -0.466 e. The smallest absolute Gasteiger partial charge is 0.454 e. The van der Waals surface area contributed by atoms with E-state index in [1.54, 1.807) is 6.92 Å². The molecule has 60 heavy (non-hydrogen) atoms. The molecule has 0 fully saturated rings. The van der Waals surface area contributed by atoms with E-state index in [2.05, 4.69) is 52.8 Å². The summed E-state index contributed by atoms with van der Waals surface area (Å²) in [5.74, 6) is -17.0. The van der Waals surface area contributed by atoms with Crippen LogP contribution in [-0.4, -0.2) is 131 Å². The number of esters is 1. The second-order valence-electron chi connectivity index (χ2n) is 9.73. The van der Waals surface area contributed by atoms with E-state index in [9.17, 15) is 102 Å². The Labute approximate surface area is 338 Å². The van der Waals surface area contributed by atoms with Gasteiger partial charge in [-0.05, 0) is 22.4 Å². The first-order valence-corrected chi connectivity index (χ1v) is 16.3. The van der Waals surface area contributed by atoms with E-state index in [0.717, 1.165) is 17.8 Å². The van der Waals surface area contributed by atoms with Gasteiger partial charge in [-0.2, -0.15) is 70.2 Å². The minimum absolute atomic E-state index is 0.139. The molecule has 0 spiro atoms. The van der Waals surface area contributed by atoms with Crippen LogP contribution in [0.2, 0.25) is 0 Å². The number of carbonyl (C=O) groups excluding carboxylic acids is 3. The van der Waals surface area contributed by atoms with Gasteiger partial charge in [-0.25, -0.2) is 8.78 Å². The topological polar surface area (TPSA) is 116 Å². The van der Waals surface area contributed by atoms with Crippen molar-refractivity contribution in [1.29, 1.82) is 0 Å². The molecule has 0 aliphatic carbocycles. The highest BCUT2D eigenvalue weighted by Gasteiger charge is 2.61. The van der Waals surface area contributed by atoms with Gasteiger partial charge in [0.15, 0.2) is 23.6 Å². The summed E-state index contributed by atoms with van der Waals surface area (Å²) in [6, 6.07) is 0. The Kier molecular flexibility index (Phi) is 38.4. The van der Waals surface area contributed by atoms with Crippen molar-refractivity contribution >= 4 is 40.6 Å². The molecule has 364 valence electrons. The third kappa shape index (κ3) is 33.3. The number of ether oxygens (including phenoxy) is 5. The van der Waals surface area contributed by atoms with Gasteiger partial charge in [-0.3, -0.25) is 14.4 Å². The Hall–Kier alpha value is -2.39. The number of alkyl halides is 18. The summed E-state index contributed by atoms with van der Waals surface area (Å²) in [5.41, 5.74) is 0. The molecular formula is C28H40F20O10S2. The van der Waals surface area contributed by atoms with Crippen molar-refractivity contribution in [2.45, 2.75) is 82.2 Å². The number of halogens is 20. The van der Waals surface area contributed by atoms with Crippen molar-refractivity contribution in [2.75, 3.05) is 66.4 Å². The lowest BCUT2D eigenvalue weighted by Crippen LogP contribution is -2.46. The average molecular weight is 981 g/mol. The molecule has 0 N–H and O–H groups in total. The lowest BCUT2D eigenvalue weighted by atomic mass is 10.3. The molecule has 0 bridgehead atoms. The largest absolute Gasteiger partial charge is 0.466 e. The molecule has 0 aliphatic rings. The van der Waals surface area contributed by atoms with Gasteiger partial charge in [-0.1, -0.05) is 17.8 Å². The fourth-order valence-electron chi connectivity index (χ4n) is 1.84. The minimum atomic E-state index is -5.50. The van der Waals surface area contributed by atoms with Crippen LogP contribution in [0.15, 0.2) is 12.7 Å². The second-order valence-corrected chi connectivity index (χ2v) is 11.6. The summed E-state index contributed by atoms with van der Waals surface area (Å²) in [7, 11) is 0.903. The van der Waals surface area contributed by atoms with Crippen LogP contribution in [0.25, 0.3) is 0 Å². The van der Waals surface area contributed by atoms with Gasteiger partial charge in [0.2, 0.25) is 0 Å². The predicted molar refractivity (Wildman–Crippen MR) is 171 cm³/mol. The van der Waals surface area contributed by atoms with Crippen molar-refractivity contribution in [1.82, 2.24) is 0 Å². The highest BCUT2D eigenvalue weighted by molar-refractivity contribution is 8.13. The van der Waals surface area contributed by atoms with Gasteiger partial charge in [0.1, 0.15) is 13.2 Å². The number of carbonyl (C=O) groups is 3. The van der Waals surface area contributed by atoms with Gasteiger partial charge in [0.05, 0.1) is 13.2 Å². The Morgan fingerprint density at radius 2 is 0.950 bits per heavy atom. The standard InChI is InChI=1S/C8H11F5O3S.C6H7F5O2.2C4H5F5O.C4H8O2.C2H4OS/c1-6(14)17-4-2-3-15-5-7(9,16-13)8(10,11)12;1-2-3-12-4-5(7,13-11)6(8,9)10;2*1-10-3(6,2-5)4(7,8)9;1-3-6-4(2)5;1-2(3)4/h2-5H2,1H3;2H,1,3-4H2;2*2H2,1H3;3H2,1-2H3;1H3,(H,3,4). The van der Waals surface area contributed by atoms with E-state index in [1.807, 2.05) is 0 Å². The van der Waals surface area contributed by atoms with Crippen molar-refractivity contribution in [3.8, 4) is 0 Å². The highest BCUT2D eigenvalue weighted by Crippen LogP contribution is 2.37. The zero-order valence-electron chi connectivity index (χ0n) is 31.6. The third-order valence-electron chi connectivity index (χ3n) is 4.83. The summed E-state index contributed by atoms with van der Waals surface area (Å²) < 4.78 is 253. The molecule has 4 unspecified atom stereocenters. The zero-order chi connectivity index (χ0) is 49.5. The van der Waals surface area contributed by atoms with Gasteiger partial charge in [0, 0.05) is 47.4 Å². The van der Waals surface area contributed by atoms with Gasteiger partial charge < -0.3 is 23.7 Å². The summed E-state index contributed by atoms with van der Waals surface area (Å²) in [5, 5.41) is -0.285. The molecule has 32 heteroatoms. The molecule has 0 aliphatic heterocycles. The van der Waals surface area contributed by atoms with Crippen molar-refractivity contribution in [2.24, 2.45) is 0 Å². The third-order valence-corrected chi connectivity index (χ3v) is 5.73. The number of hydrogen-bond donors (Lipinski definition) is 1. The normalized spacial score (nSPS) is 15.4. The first-order chi connectivity index (χ1) is 26.8. The lowest BCUT2D eigenvalue weighted by Gasteiger charge is -2.22. The maximum Gasteiger partial charge on any atom is 0.454 e. The fraction of sp³-hybridized carbons (Fsp3) is 0.821. The van der Waals surface area contributed by atoms with Crippen LogP contribution in [0.5, 0.6) is 0 Å². The first-order valence-electron chi connectivity index (χ1n) is 14.9. The molecular weight excluding hydrogens is 940 g/mol. The van der Waals surface area contributed by atoms with Crippen LogP contribution >= 0.6 is 24.4 Å². The molecule has 0 aromatic rings. The predicted octanol–water partition coefficient (Wildman–Crippen LogP) is 9.81. The molecule has 0 radical (unpaired) electrons. The second kappa shape index (κ2) is 33.2. The maximum absolute atomic E-state index is 12.8. The molecule has 0 heterocycles. The SMILES string of the molecule is C=CCOCC(F)(OF)C(F)(F)F.CC(=O)S.CC(=O)SCCCOCC(F)(OF)C(F)(F)F.CCOC(C)=O.COC(F)(CF)C(F)(F)F.COC(F)(CF)C(F)(F)F. The summed E-state index contributed by atoms with van der Waals surface area (Å²) in [6.07, 6.45) is -20.3. The Bertz CT molecular complexity index is 1110. The Balaban J connectivity index is -0.000000153. The van der Waals surface area contributed by atoms with Crippen molar-refractivity contribution in [3.05, 3.63) is 12.7 Å². The van der Waals surface area contributed by atoms with E-state index in [0.29, 0.717) is 26.6 Å². The van der Waals surface area contributed by atoms with Crippen LogP contribution < -0.4 is 0 Å². The lowest BCUT2D eigenvalue weighted by molar-refractivity contribution is -0.411. The molecule has 4 atom stereocenters. The van der Waals surface area contributed by atoms with Gasteiger partial charge >= 0.3 is 54.1 Å². The van der Waals surface area contributed by atoms with Crippen LogP contribution in [0, 0.1) is 0 Å². The van der Waals surface area contributed by atoms with Crippen molar-refractivity contribution in [3.63, 3.8) is 0 Å². The quantitative estimate of drug-likeness (QED) is 0.0494. The van der Waals surface area contributed by atoms with Gasteiger partial charge in [0.25, 0.3) is 0 Å². The van der Waals surface area contributed by atoms with E-state index in [-0.39, 0.29) is 35.8 Å². The first kappa shape index (κ1) is 69.3. The molecule has 0 aromatic carbocycles. The van der Waals surface area contributed by atoms with Crippen LogP contribution in [0.4, 0.5) is 88.1 Å². The Morgan fingerprint density at radius 1 is 0.633 bits per heavy atom. The highest BCUT2D eigenvalue weighted by atomic mass is 32.2. The van der Waals surface area contributed by atoms with E-state index in [4.69, 9.17) is 0 Å². The molecule has 0 amide bonds. The van der Waals surface area contributed by atoms with Gasteiger partial charge in [-0.15, -0.1) is 29.1 Å². The molecule has 0 saturated heterocycles. The van der Waals surface area contributed by atoms with E-state index >= 15 is 0 Å². The molecule has 0 rings (SSSR count). The molecule has 0 aromatic heterocycles. The molecule has 0 saturated carbocycles. The number of thiol groups is 1. The zero-order valence-corrected chi connectivity index (χ0v) is 33.4. The van der Waals surface area contributed by atoms with E-state index in [1.165, 1.54) is 20.8 Å². The maximum atomic E-state index is 12.8. The average Bonchev–Trinajstić information content (AvgIpc) is 3.10. The summed E-state index contributed by atoms with van der Waals surface area (Å²) in [4.78, 5) is 34.1. The van der Waals surface area contributed by atoms with Crippen molar-refractivity contribution < 1.29 is 136 Å². The number of thioether (sulfide) groups is 1. The summed E-state index contributed by atoms with van der Waals surface area (Å²) in [6.45, 7) is 1.31. The summed E-state index contributed by atoms with van der Waals surface area (Å²) >= 11 is 4.29. The monoisotopic (exact) mass is 980 g/mol. The fourth-order valence-corrected chi connectivity index (χ4v) is 2.39. The van der Waals surface area contributed by atoms with Crippen LogP contribution in [-0.2, 0) is 48.0 Å². The molecule has 10 nitrogen and oxygen atoms in total. The number of rotatable bonds is 17. The number of hydrogen-bond acceptors (Lipinski definition) is 11.